The van der Waals surface area contributed by atoms with E-state index in [0.29, 0.717) is 0 Å². The van der Waals surface area contributed by atoms with Crippen molar-refractivity contribution in [2.45, 2.75) is 24.4 Å². The fourth-order valence-corrected chi connectivity index (χ4v) is 3.20. The molecule has 2 N–H and O–H groups in total. The van der Waals surface area contributed by atoms with E-state index in [-0.39, 0.29) is 17.8 Å². The van der Waals surface area contributed by atoms with Crippen molar-refractivity contribution in [2.75, 3.05) is 12.9 Å². The van der Waals surface area contributed by atoms with Gasteiger partial charge in [-0.25, -0.2) is 4.79 Å². The first-order valence-corrected chi connectivity index (χ1v) is 7.03. The van der Waals surface area contributed by atoms with Gasteiger partial charge in [-0.3, -0.25) is 0 Å². The second-order valence-corrected chi connectivity index (χ2v) is 5.60. The van der Waals surface area contributed by atoms with E-state index in [1.807, 2.05) is 25.1 Å². The number of carbonyl (C=O) groups is 1. The highest BCUT2D eigenvalue weighted by atomic mass is 32.2. The van der Waals surface area contributed by atoms with E-state index in [1.54, 1.807) is 18.9 Å². The molecule has 2 rings (SSSR count). The van der Waals surface area contributed by atoms with Gasteiger partial charge in [0.25, 0.3) is 0 Å². The molecule has 4 nitrogen and oxygen atoms in total. The number of amides is 2. The summed E-state index contributed by atoms with van der Waals surface area (Å²) in [6.07, 6.45) is -0.270. The van der Waals surface area contributed by atoms with E-state index in [4.69, 9.17) is 4.74 Å². The van der Waals surface area contributed by atoms with Gasteiger partial charge in [0.15, 0.2) is 6.23 Å². The first-order valence-electron chi connectivity index (χ1n) is 5.87. The molecule has 1 aliphatic rings. The Labute approximate surface area is 111 Å². The van der Waals surface area contributed by atoms with Crippen LogP contribution in [0.1, 0.15) is 12.5 Å². The normalized spacial score (nSPS) is 26.8. The van der Waals surface area contributed by atoms with Crippen molar-refractivity contribution in [1.29, 1.82) is 0 Å². The molecule has 18 heavy (non-hydrogen) atoms. The maximum absolute atomic E-state index is 11.3. The van der Waals surface area contributed by atoms with Gasteiger partial charge in [-0.15, -0.1) is 0 Å². The minimum absolute atomic E-state index is 0.162. The highest BCUT2D eigenvalue weighted by molar-refractivity contribution is 7.98. The molecule has 0 radical (unpaired) electrons. The average molecular weight is 266 g/mol. The molecule has 1 aromatic rings. The van der Waals surface area contributed by atoms with Gasteiger partial charge in [-0.2, -0.15) is 11.8 Å². The summed E-state index contributed by atoms with van der Waals surface area (Å²) in [5.41, 5.74) is 0.933. The number of nitrogens with one attached hydrogen (secondary N) is 2. The van der Waals surface area contributed by atoms with Gasteiger partial charge < -0.3 is 15.4 Å². The lowest BCUT2D eigenvalue weighted by atomic mass is 10.1. The summed E-state index contributed by atoms with van der Waals surface area (Å²) < 4.78 is 5.29. The van der Waals surface area contributed by atoms with Crippen molar-refractivity contribution in [3.63, 3.8) is 0 Å². The Morgan fingerprint density at radius 2 is 2.11 bits per heavy atom. The number of hydrogen-bond donors (Lipinski definition) is 2. The molecule has 0 spiro atoms. The van der Waals surface area contributed by atoms with E-state index < -0.39 is 0 Å². The van der Waals surface area contributed by atoms with Gasteiger partial charge in [0.1, 0.15) is 0 Å². The molecule has 98 valence electrons. The van der Waals surface area contributed by atoms with Crippen molar-refractivity contribution in [2.24, 2.45) is 0 Å². The fourth-order valence-electron chi connectivity index (χ4n) is 2.03. The Morgan fingerprint density at radius 3 is 2.78 bits per heavy atom. The molecule has 0 aromatic heterocycles. The van der Waals surface area contributed by atoms with E-state index in [2.05, 4.69) is 22.8 Å². The molecule has 2 atom stereocenters. The number of hydrogen-bond acceptors (Lipinski definition) is 3. The maximum atomic E-state index is 11.3. The van der Waals surface area contributed by atoms with Crippen molar-refractivity contribution in [1.82, 2.24) is 10.6 Å². The third kappa shape index (κ3) is 2.97. The fraction of sp³-hybridized carbons (Fsp3) is 0.462. The van der Waals surface area contributed by atoms with Crippen molar-refractivity contribution >= 4 is 17.8 Å². The van der Waals surface area contributed by atoms with Crippen LogP contribution in [0.3, 0.4) is 0 Å². The second-order valence-electron chi connectivity index (χ2n) is 4.61. The van der Waals surface area contributed by atoms with Crippen LogP contribution in [0.15, 0.2) is 30.3 Å². The van der Waals surface area contributed by atoms with Crippen LogP contribution in [0, 0.1) is 0 Å². The predicted molar refractivity (Wildman–Crippen MR) is 73.5 cm³/mol. The number of rotatable bonds is 5. The zero-order valence-corrected chi connectivity index (χ0v) is 11.4. The molecule has 1 heterocycles. The summed E-state index contributed by atoms with van der Waals surface area (Å²) in [6, 6.07) is 10.1. The summed E-state index contributed by atoms with van der Waals surface area (Å²) in [6.45, 7) is 2.00. The third-order valence-electron chi connectivity index (χ3n) is 2.99. The Balaban J connectivity index is 1.87. The number of thioether (sulfide) groups is 1. The minimum atomic E-state index is -0.356. The Kier molecular flexibility index (Phi) is 4.14. The number of carbonyl (C=O) groups excluding carboxylic acids is 1. The molecule has 1 saturated heterocycles. The van der Waals surface area contributed by atoms with Gasteiger partial charge in [0.2, 0.25) is 0 Å². The van der Waals surface area contributed by atoms with E-state index in [9.17, 15) is 4.79 Å². The van der Waals surface area contributed by atoms with Crippen molar-refractivity contribution in [3.8, 4) is 0 Å². The van der Waals surface area contributed by atoms with Crippen LogP contribution in [-0.4, -0.2) is 30.7 Å². The lowest BCUT2D eigenvalue weighted by molar-refractivity contribution is 0.0487. The molecule has 2 amide bonds. The first kappa shape index (κ1) is 13.2. The van der Waals surface area contributed by atoms with Crippen LogP contribution >= 0.6 is 11.8 Å². The molecule has 0 bridgehead atoms. The van der Waals surface area contributed by atoms with Crippen LogP contribution < -0.4 is 10.6 Å². The third-order valence-corrected chi connectivity index (χ3v) is 4.33. The largest absolute Gasteiger partial charge is 0.359 e. The van der Waals surface area contributed by atoms with E-state index >= 15 is 0 Å². The lowest BCUT2D eigenvalue weighted by Crippen LogP contribution is -2.49. The smallest absolute Gasteiger partial charge is 0.317 e. The van der Waals surface area contributed by atoms with Gasteiger partial charge >= 0.3 is 6.03 Å². The lowest BCUT2D eigenvalue weighted by Gasteiger charge is -2.28. The molecule has 1 aliphatic heterocycles. The molecule has 5 heteroatoms. The highest BCUT2D eigenvalue weighted by Crippen LogP contribution is 2.24. The number of ether oxygens (including phenoxy) is 1. The van der Waals surface area contributed by atoms with Crippen LogP contribution in [0.2, 0.25) is 0 Å². The predicted octanol–water partition coefficient (Wildman–Crippen LogP) is 1.96. The molecule has 0 aliphatic carbocycles. The number of urea groups is 1. The van der Waals surface area contributed by atoms with Gasteiger partial charge in [-0.1, -0.05) is 30.3 Å². The summed E-state index contributed by atoms with van der Waals surface area (Å²) >= 11 is 1.79. The standard InChI is InChI=1S/C13H18N2O2S/c1-13(11(17-2)14-12(16)15-13)9-18-8-10-6-4-3-5-7-10/h3-7,11H,8-9H2,1-2H3,(H2,14,15,16)/t11?,13-/m0/s1. The zero-order chi connectivity index (χ0) is 13.0. The zero-order valence-electron chi connectivity index (χ0n) is 10.6. The molecular formula is C13H18N2O2S. The summed E-state index contributed by atoms with van der Waals surface area (Å²) in [4.78, 5) is 11.3. The SMILES string of the molecule is COC1NC(=O)N[C@@]1(C)CSCc1ccccc1. The molecule has 1 fully saturated rings. The van der Waals surface area contributed by atoms with Crippen LogP contribution in [0.25, 0.3) is 0 Å². The Morgan fingerprint density at radius 1 is 1.39 bits per heavy atom. The number of benzene rings is 1. The Hall–Kier alpha value is -1.20. The van der Waals surface area contributed by atoms with Crippen LogP contribution in [0.4, 0.5) is 4.79 Å². The summed E-state index contributed by atoms with van der Waals surface area (Å²) in [5.74, 6) is 1.74. The van der Waals surface area contributed by atoms with Gasteiger partial charge in [0.05, 0.1) is 5.54 Å². The quantitative estimate of drug-likeness (QED) is 0.856. The maximum Gasteiger partial charge on any atom is 0.317 e. The second kappa shape index (κ2) is 5.63. The van der Waals surface area contributed by atoms with Crippen LogP contribution in [0.5, 0.6) is 0 Å². The highest BCUT2D eigenvalue weighted by Gasteiger charge is 2.42. The van der Waals surface area contributed by atoms with Gasteiger partial charge in [-0.05, 0) is 12.5 Å². The average Bonchev–Trinajstić information content (AvgIpc) is 2.65. The van der Waals surface area contributed by atoms with Crippen molar-refractivity contribution in [3.05, 3.63) is 35.9 Å². The summed E-state index contributed by atoms with van der Waals surface area (Å²) in [7, 11) is 1.61. The summed E-state index contributed by atoms with van der Waals surface area (Å²) in [5, 5.41) is 5.68. The van der Waals surface area contributed by atoms with Crippen molar-refractivity contribution < 1.29 is 9.53 Å². The molecule has 1 aromatic carbocycles. The topological polar surface area (TPSA) is 50.4 Å². The Bertz CT molecular complexity index is 413. The van der Waals surface area contributed by atoms with E-state index in [1.165, 1.54) is 5.56 Å². The molecular weight excluding hydrogens is 248 g/mol. The first-order chi connectivity index (χ1) is 8.64. The number of methoxy groups -OCH3 is 1. The monoisotopic (exact) mass is 266 g/mol. The molecule has 0 saturated carbocycles. The molecule has 1 unspecified atom stereocenters. The van der Waals surface area contributed by atoms with Gasteiger partial charge in [0, 0.05) is 18.6 Å². The minimum Gasteiger partial charge on any atom is -0.359 e. The van der Waals surface area contributed by atoms with E-state index in [0.717, 1.165) is 11.5 Å². The van der Waals surface area contributed by atoms with Crippen LogP contribution in [-0.2, 0) is 10.5 Å².